The van der Waals surface area contributed by atoms with Crippen LogP contribution in [0, 0.1) is 0 Å². The van der Waals surface area contributed by atoms with Crippen molar-refractivity contribution in [1.29, 1.82) is 0 Å². The molecule has 3 heterocycles. The molecule has 0 radical (unpaired) electrons. The van der Waals surface area contributed by atoms with Gasteiger partial charge in [0.05, 0.1) is 17.8 Å². The molecule has 1 N–H and O–H groups in total. The number of aliphatic imine (C=N–C) groups is 1. The van der Waals surface area contributed by atoms with E-state index in [1.807, 2.05) is 19.1 Å². The number of furan rings is 1. The SMILES string of the molecule is C=C(C)CN=C(NCCc1ccco1)N1CCN(c2cccs2)CC1.I. The number of thiophene rings is 1. The normalized spacial score (nSPS) is 14.9. The van der Waals surface area contributed by atoms with Crippen LogP contribution in [0.3, 0.4) is 0 Å². The van der Waals surface area contributed by atoms with Crippen molar-refractivity contribution in [2.45, 2.75) is 13.3 Å². The highest BCUT2D eigenvalue weighted by Gasteiger charge is 2.20. The number of nitrogens with one attached hydrogen (secondary N) is 1. The number of piperazine rings is 1. The van der Waals surface area contributed by atoms with E-state index < -0.39 is 0 Å². The zero-order chi connectivity index (χ0) is 17.5. The number of nitrogens with zero attached hydrogens (tertiary/aromatic N) is 3. The molecule has 0 bridgehead atoms. The summed E-state index contributed by atoms with van der Waals surface area (Å²) < 4.78 is 5.40. The Bertz CT molecular complexity index is 676. The molecule has 0 aromatic carbocycles. The molecule has 0 atom stereocenters. The van der Waals surface area contributed by atoms with Crippen LogP contribution in [-0.2, 0) is 6.42 Å². The number of anilines is 1. The molecule has 3 rings (SSSR count). The van der Waals surface area contributed by atoms with Crippen LogP contribution >= 0.6 is 35.3 Å². The third-order valence-corrected chi connectivity index (χ3v) is 5.06. The van der Waals surface area contributed by atoms with Crippen molar-refractivity contribution < 1.29 is 4.42 Å². The molecule has 0 spiro atoms. The van der Waals surface area contributed by atoms with Gasteiger partial charge in [-0.25, -0.2) is 4.99 Å². The maximum atomic E-state index is 5.40. The molecule has 0 aliphatic carbocycles. The molecule has 26 heavy (non-hydrogen) atoms. The molecule has 2 aromatic heterocycles. The van der Waals surface area contributed by atoms with Gasteiger partial charge in [0.1, 0.15) is 5.76 Å². The lowest BCUT2D eigenvalue weighted by Crippen LogP contribution is -2.52. The van der Waals surface area contributed by atoms with Crippen molar-refractivity contribution in [2.24, 2.45) is 4.99 Å². The summed E-state index contributed by atoms with van der Waals surface area (Å²) in [5, 5.41) is 6.98. The fourth-order valence-electron chi connectivity index (χ4n) is 2.82. The van der Waals surface area contributed by atoms with Gasteiger partial charge in [-0.3, -0.25) is 0 Å². The Morgan fingerprint density at radius 2 is 2.08 bits per heavy atom. The molecular weight excluding hydrogens is 459 g/mol. The zero-order valence-electron chi connectivity index (χ0n) is 15.2. The maximum Gasteiger partial charge on any atom is 0.194 e. The summed E-state index contributed by atoms with van der Waals surface area (Å²) in [6.45, 7) is 11.4. The van der Waals surface area contributed by atoms with Gasteiger partial charge in [-0.05, 0) is 36.6 Å². The number of guanidine groups is 1. The minimum absolute atomic E-state index is 0. The van der Waals surface area contributed by atoms with Gasteiger partial charge in [0.15, 0.2) is 5.96 Å². The van der Waals surface area contributed by atoms with E-state index in [-0.39, 0.29) is 24.0 Å². The number of halogens is 1. The van der Waals surface area contributed by atoms with Crippen molar-refractivity contribution in [2.75, 3.05) is 44.2 Å². The summed E-state index contributed by atoms with van der Waals surface area (Å²) in [5.41, 5.74) is 1.07. The lowest BCUT2D eigenvalue weighted by molar-refractivity contribution is 0.372. The lowest BCUT2D eigenvalue weighted by Gasteiger charge is -2.37. The van der Waals surface area contributed by atoms with Crippen LogP contribution < -0.4 is 10.2 Å². The fraction of sp³-hybridized carbons (Fsp3) is 0.421. The summed E-state index contributed by atoms with van der Waals surface area (Å²) in [4.78, 5) is 9.53. The highest BCUT2D eigenvalue weighted by Crippen LogP contribution is 2.22. The van der Waals surface area contributed by atoms with Gasteiger partial charge in [-0.1, -0.05) is 12.2 Å². The van der Waals surface area contributed by atoms with E-state index in [9.17, 15) is 0 Å². The monoisotopic (exact) mass is 486 g/mol. The van der Waals surface area contributed by atoms with E-state index in [1.165, 1.54) is 5.00 Å². The first-order chi connectivity index (χ1) is 12.2. The first kappa shape index (κ1) is 20.8. The van der Waals surface area contributed by atoms with Gasteiger partial charge in [-0.15, -0.1) is 35.3 Å². The van der Waals surface area contributed by atoms with Crippen molar-refractivity contribution in [1.82, 2.24) is 10.2 Å². The van der Waals surface area contributed by atoms with Crippen LogP contribution in [-0.4, -0.2) is 50.1 Å². The topological polar surface area (TPSA) is 44.0 Å². The van der Waals surface area contributed by atoms with Crippen LogP contribution in [0.1, 0.15) is 12.7 Å². The highest BCUT2D eigenvalue weighted by atomic mass is 127. The van der Waals surface area contributed by atoms with Gasteiger partial charge in [0.2, 0.25) is 0 Å². The van der Waals surface area contributed by atoms with Gasteiger partial charge in [0, 0.05) is 39.1 Å². The minimum atomic E-state index is 0. The molecule has 7 heteroatoms. The van der Waals surface area contributed by atoms with Crippen LogP contribution in [0.5, 0.6) is 0 Å². The van der Waals surface area contributed by atoms with Crippen molar-refractivity contribution >= 4 is 46.3 Å². The Morgan fingerprint density at radius 1 is 1.27 bits per heavy atom. The smallest absolute Gasteiger partial charge is 0.194 e. The second kappa shape index (κ2) is 10.6. The summed E-state index contributed by atoms with van der Waals surface area (Å²) in [6.07, 6.45) is 2.57. The lowest BCUT2D eigenvalue weighted by atomic mass is 10.3. The van der Waals surface area contributed by atoms with E-state index in [1.54, 1.807) is 17.6 Å². The van der Waals surface area contributed by atoms with Crippen LogP contribution in [0.4, 0.5) is 5.00 Å². The van der Waals surface area contributed by atoms with Gasteiger partial charge in [-0.2, -0.15) is 0 Å². The zero-order valence-corrected chi connectivity index (χ0v) is 18.3. The summed E-state index contributed by atoms with van der Waals surface area (Å²) in [5.74, 6) is 1.97. The van der Waals surface area contributed by atoms with Crippen LogP contribution in [0.15, 0.2) is 57.5 Å². The fourth-order valence-corrected chi connectivity index (χ4v) is 3.60. The predicted molar refractivity (Wildman–Crippen MR) is 121 cm³/mol. The molecular formula is C19H27IN4OS. The molecule has 1 aliphatic rings. The predicted octanol–water partition coefficient (Wildman–Crippen LogP) is 3.85. The average Bonchev–Trinajstić information content (AvgIpc) is 3.31. The molecule has 1 aliphatic heterocycles. The molecule has 0 unspecified atom stereocenters. The quantitative estimate of drug-likeness (QED) is 0.292. The number of hydrogen-bond acceptors (Lipinski definition) is 4. The largest absolute Gasteiger partial charge is 0.469 e. The van der Waals surface area contributed by atoms with Crippen LogP contribution in [0.2, 0.25) is 0 Å². The molecule has 5 nitrogen and oxygen atoms in total. The Balaban J connectivity index is 0.00000243. The summed E-state index contributed by atoms with van der Waals surface area (Å²) in [7, 11) is 0. The van der Waals surface area contributed by atoms with E-state index in [2.05, 4.69) is 39.2 Å². The number of rotatable bonds is 6. The molecule has 2 aromatic rings. The molecule has 1 fully saturated rings. The molecule has 0 saturated carbocycles. The Morgan fingerprint density at radius 3 is 2.69 bits per heavy atom. The second-order valence-electron chi connectivity index (χ2n) is 6.28. The van der Waals surface area contributed by atoms with E-state index in [0.717, 1.165) is 56.4 Å². The Kier molecular flexibility index (Phi) is 8.50. The van der Waals surface area contributed by atoms with Gasteiger partial charge < -0.3 is 19.5 Å². The molecule has 142 valence electrons. The number of hydrogen-bond donors (Lipinski definition) is 1. The van der Waals surface area contributed by atoms with E-state index >= 15 is 0 Å². The van der Waals surface area contributed by atoms with E-state index in [4.69, 9.17) is 9.41 Å². The van der Waals surface area contributed by atoms with Gasteiger partial charge in [0.25, 0.3) is 0 Å². The second-order valence-corrected chi connectivity index (χ2v) is 7.20. The Hall–Kier alpha value is -1.48. The van der Waals surface area contributed by atoms with Crippen molar-refractivity contribution in [3.8, 4) is 0 Å². The minimum Gasteiger partial charge on any atom is -0.469 e. The Labute approximate surface area is 176 Å². The van der Waals surface area contributed by atoms with Crippen LogP contribution in [0.25, 0.3) is 0 Å². The highest BCUT2D eigenvalue weighted by molar-refractivity contribution is 14.0. The summed E-state index contributed by atoms with van der Waals surface area (Å²) in [6, 6.07) is 8.24. The standard InChI is InChI=1S/C19H26N4OS.HI/c1-16(2)15-21-19(20-8-7-17-5-3-13-24-17)23-11-9-22(10-12-23)18-6-4-14-25-18;/h3-6,13-14H,1,7-12,15H2,2H3,(H,20,21);1H. The first-order valence-electron chi connectivity index (χ1n) is 8.71. The third-order valence-electron chi connectivity index (χ3n) is 4.13. The van der Waals surface area contributed by atoms with Crippen molar-refractivity contribution in [3.05, 3.63) is 53.8 Å². The van der Waals surface area contributed by atoms with Gasteiger partial charge >= 0.3 is 0 Å². The molecule has 1 saturated heterocycles. The molecule has 0 amide bonds. The maximum absolute atomic E-state index is 5.40. The third kappa shape index (κ3) is 6.05. The average molecular weight is 486 g/mol. The first-order valence-corrected chi connectivity index (χ1v) is 9.59. The van der Waals surface area contributed by atoms with E-state index in [0.29, 0.717) is 6.54 Å². The summed E-state index contributed by atoms with van der Waals surface area (Å²) >= 11 is 1.81. The van der Waals surface area contributed by atoms with Crippen molar-refractivity contribution in [3.63, 3.8) is 0 Å².